The number of nitrogens with one attached hydrogen (secondary N) is 2. The Morgan fingerprint density at radius 3 is 2.79 bits per heavy atom. The van der Waals surface area contributed by atoms with Gasteiger partial charge in [0, 0.05) is 13.0 Å². The standard InChI is InChI=1S/C15H16ClFN4O3/c1-8(15-20-9(2)21-24-15)19-13(22)5-6-18-14(23)11-4-3-10(17)7-12(11)16/h3-4,7-8H,5-6H2,1-2H3,(H,18,23)(H,19,22). The van der Waals surface area contributed by atoms with E-state index in [-0.39, 0.29) is 29.5 Å². The third-order valence-electron chi connectivity index (χ3n) is 3.10. The Balaban J connectivity index is 1.78. The molecule has 0 aliphatic carbocycles. The molecule has 0 saturated carbocycles. The van der Waals surface area contributed by atoms with E-state index in [0.29, 0.717) is 11.7 Å². The molecule has 128 valence electrons. The quantitative estimate of drug-likeness (QED) is 0.828. The van der Waals surface area contributed by atoms with Gasteiger partial charge in [-0.1, -0.05) is 16.8 Å². The molecule has 1 heterocycles. The van der Waals surface area contributed by atoms with Crippen LogP contribution in [0.15, 0.2) is 22.7 Å². The monoisotopic (exact) mass is 354 g/mol. The number of hydrogen-bond donors (Lipinski definition) is 2. The summed E-state index contributed by atoms with van der Waals surface area (Å²) < 4.78 is 17.9. The zero-order valence-corrected chi connectivity index (χ0v) is 13.9. The molecule has 2 aromatic rings. The summed E-state index contributed by atoms with van der Waals surface area (Å²) >= 11 is 5.80. The lowest BCUT2D eigenvalue weighted by Gasteiger charge is -2.10. The Morgan fingerprint density at radius 2 is 2.17 bits per heavy atom. The van der Waals surface area contributed by atoms with Crippen molar-refractivity contribution in [3.63, 3.8) is 0 Å². The second-order valence-corrected chi connectivity index (χ2v) is 5.51. The van der Waals surface area contributed by atoms with Gasteiger partial charge in [-0.2, -0.15) is 4.98 Å². The van der Waals surface area contributed by atoms with Gasteiger partial charge in [-0.25, -0.2) is 4.39 Å². The van der Waals surface area contributed by atoms with E-state index in [1.54, 1.807) is 13.8 Å². The zero-order chi connectivity index (χ0) is 17.7. The minimum absolute atomic E-state index is 0.0114. The van der Waals surface area contributed by atoms with Crippen molar-refractivity contribution in [2.24, 2.45) is 0 Å². The number of aromatic nitrogens is 2. The number of carbonyl (C=O) groups is 2. The summed E-state index contributed by atoms with van der Waals surface area (Å²) in [5, 5.41) is 8.89. The van der Waals surface area contributed by atoms with Crippen LogP contribution in [0.3, 0.4) is 0 Å². The van der Waals surface area contributed by atoms with Crippen LogP contribution in [0.25, 0.3) is 0 Å². The molecule has 1 unspecified atom stereocenters. The van der Waals surface area contributed by atoms with Crippen molar-refractivity contribution in [2.75, 3.05) is 6.54 Å². The van der Waals surface area contributed by atoms with E-state index in [0.717, 1.165) is 12.1 Å². The topological polar surface area (TPSA) is 97.1 Å². The molecule has 2 rings (SSSR count). The first-order valence-corrected chi connectivity index (χ1v) is 7.57. The van der Waals surface area contributed by atoms with Crippen molar-refractivity contribution in [1.29, 1.82) is 0 Å². The first-order chi connectivity index (χ1) is 11.4. The van der Waals surface area contributed by atoms with Gasteiger partial charge in [0.15, 0.2) is 5.82 Å². The van der Waals surface area contributed by atoms with Crippen molar-refractivity contribution in [3.05, 3.63) is 46.3 Å². The van der Waals surface area contributed by atoms with Gasteiger partial charge in [0.2, 0.25) is 11.8 Å². The van der Waals surface area contributed by atoms with Gasteiger partial charge in [0.1, 0.15) is 11.9 Å². The average molecular weight is 355 g/mol. The fraction of sp³-hybridized carbons (Fsp3) is 0.333. The molecular weight excluding hydrogens is 339 g/mol. The van der Waals surface area contributed by atoms with Crippen LogP contribution in [0.2, 0.25) is 5.02 Å². The lowest BCUT2D eigenvalue weighted by atomic mass is 10.2. The summed E-state index contributed by atoms with van der Waals surface area (Å²) in [4.78, 5) is 27.8. The molecule has 7 nitrogen and oxygen atoms in total. The number of aryl methyl sites for hydroxylation is 1. The molecular formula is C15H16ClFN4O3. The SMILES string of the molecule is Cc1noc(C(C)NC(=O)CCNC(=O)c2ccc(F)cc2Cl)n1. The van der Waals surface area contributed by atoms with E-state index in [4.69, 9.17) is 16.1 Å². The second-order valence-electron chi connectivity index (χ2n) is 5.10. The van der Waals surface area contributed by atoms with Crippen LogP contribution in [-0.4, -0.2) is 28.5 Å². The fourth-order valence-electron chi connectivity index (χ4n) is 1.92. The molecule has 2 N–H and O–H groups in total. The van der Waals surface area contributed by atoms with Crippen molar-refractivity contribution in [2.45, 2.75) is 26.3 Å². The van der Waals surface area contributed by atoms with Crippen LogP contribution < -0.4 is 10.6 Å². The Kier molecular flexibility index (Phi) is 5.86. The van der Waals surface area contributed by atoms with Crippen LogP contribution >= 0.6 is 11.6 Å². The van der Waals surface area contributed by atoms with Gasteiger partial charge in [-0.3, -0.25) is 9.59 Å². The summed E-state index contributed by atoms with van der Waals surface area (Å²) in [5.41, 5.74) is 0.146. The highest BCUT2D eigenvalue weighted by Crippen LogP contribution is 2.17. The molecule has 0 bridgehead atoms. The number of rotatable bonds is 6. The van der Waals surface area contributed by atoms with E-state index in [9.17, 15) is 14.0 Å². The summed E-state index contributed by atoms with van der Waals surface area (Å²) in [7, 11) is 0. The van der Waals surface area contributed by atoms with E-state index in [2.05, 4.69) is 20.8 Å². The van der Waals surface area contributed by atoms with E-state index in [1.807, 2.05) is 0 Å². The Morgan fingerprint density at radius 1 is 1.42 bits per heavy atom. The molecule has 2 amide bonds. The summed E-state index contributed by atoms with van der Waals surface area (Å²) in [6, 6.07) is 3.05. The first kappa shape index (κ1) is 17.9. The Hall–Kier alpha value is -2.48. The lowest BCUT2D eigenvalue weighted by Crippen LogP contribution is -2.32. The largest absolute Gasteiger partial charge is 0.351 e. The van der Waals surface area contributed by atoms with Gasteiger partial charge in [0.25, 0.3) is 5.91 Å². The van der Waals surface area contributed by atoms with Crippen molar-refractivity contribution < 1.29 is 18.5 Å². The van der Waals surface area contributed by atoms with E-state index >= 15 is 0 Å². The molecule has 0 fully saturated rings. The smallest absolute Gasteiger partial charge is 0.252 e. The average Bonchev–Trinajstić information content (AvgIpc) is 2.93. The number of halogens is 2. The van der Waals surface area contributed by atoms with Crippen LogP contribution in [0, 0.1) is 12.7 Å². The maximum absolute atomic E-state index is 12.9. The molecule has 0 aliphatic heterocycles. The van der Waals surface area contributed by atoms with Crippen LogP contribution in [0.4, 0.5) is 4.39 Å². The predicted molar refractivity (Wildman–Crippen MR) is 84.0 cm³/mol. The molecule has 0 saturated heterocycles. The van der Waals surface area contributed by atoms with Crippen LogP contribution in [0.5, 0.6) is 0 Å². The maximum Gasteiger partial charge on any atom is 0.252 e. The van der Waals surface area contributed by atoms with Gasteiger partial charge in [-0.05, 0) is 32.0 Å². The van der Waals surface area contributed by atoms with Gasteiger partial charge in [0.05, 0.1) is 10.6 Å². The highest BCUT2D eigenvalue weighted by atomic mass is 35.5. The lowest BCUT2D eigenvalue weighted by molar-refractivity contribution is -0.121. The third-order valence-corrected chi connectivity index (χ3v) is 3.42. The number of carbonyl (C=O) groups excluding carboxylic acids is 2. The van der Waals surface area contributed by atoms with Crippen LogP contribution in [-0.2, 0) is 4.79 Å². The molecule has 1 aromatic carbocycles. The highest BCUT2D eigenvalue weighted by Gasteiger charge is 2.16. The molecule has 1 atom stereocenters. The van der Waals surface area contributed by atoms with Gasteiger partial charge < -0.3 is 15.2 Å². The van der Waals surface area contributed by atoms with Crippen molar-refractivity contribution >= 4 is 23.4 Å². The Labute approximate surface area is 142 Å². The fourth-order valence-corrected chi connectivity index (χ4v) is 2.18. The highest BCUT2D eigenvalue weighted by molar-refractivity contribution is 6.33. The van der Waals surface area contributed by atoms with Crippen molar-refractivity contribution in [1.82, 2.24) is 20.8 Å². The molecule has 9 heteroatoms. The molecule has 0 radical (unpaired) electrons. The van der Waals surface area contributed by atoms with E-state index in [1.165, 1.54) is 6.07 Å². The zero-order valence-electron chi connectivity index (χ0n) is 13.1. The van der Waals surface area contributed by atoms with Gasteiger partial charge >= 0.3 is 0 Å². The summed E-state index contributed by atoms with van der Waals surface area (Å²) in [6.45, 7) is 3.49. The number of benzene rings is 1. The molecule has 0 spiro atoms. The minimum Gasteiger partial charge on any atom is -0.351 e. The molecule has 0 aliphatic rings. The first-order valence-electron chi connectivity index (χ1n) is 7.19. The maximum atomic E-state index is 12.9. The second kappa shape index (κ2) is 7.87. The third kappa shape index (κ3) is 4.76. The van der Waals surface area contributed by atoms with Crippen LogP contribution in [0.1, 0.15) is 41.5 Å². The predicted octanol–water partition coefficient (Wildman–Crippen LogP) is 2.17. The molecule has 24 heavy (non-hydrogen) atoms. The van der Waals surface area contributed by atoms with E-state index < -0.39 is 17.8 Å². The number of amides is 2. The Bertz CT molecular complexity index is 750. The summed E-state index contributed by atoms with van der Waals surface area (Å²) in [5.74, 6) is -0.504. The van der Waals surface area contributed by atoms with Gasteiger partial charge in [-0.15, -0.1) is 0 Å². The number of nitrogens with zero attached hydrogens (tertiary/aromatic N) is 2. The molecule has 1 aromatic heterocycles. The minimum atomic E-state index is -0.527. The normalized spacial score (nSPS) is 11.8. The van der Waals surface area contributed by atoms with Crippen molar-refractivity contribution in [3.8, 4) is 0 Å². The summed E-state index contributed by atoms with van der Waals surface area (Å²) in [6.07, 6.45) is 0.0576. The number of hydrogen-bond acceptors (Lipinski definition) is 5.